The predicted octanol–water partition coefficient (Wildman–Crippen LogP) is 2.56. The van der Waals surface area contributed by atoms with E-state index in [1.165, 1.54) is 0 Å². The highest BCUT2D eigenvalue weighted by Crippen LogP contribution is 2.22. The van der Waals surface area contributed by atoms with Gasteiger partial charge in [-0.1, -0.05) is 17.3 Å². The minimum atomic E-state index is -0.220. The SMILES string of the molecule is Cc1noc(-c2ccccc2C(=O)NCc2ccnc(-n3ccnc3)c2)n1. The van der Waals surface area contributed by atoms with E-state index in [9.17, 15) is 4.79 Å². The maximum atomic E-state index is 12.7. The van der Waals surface area contributed by atoms with Gasteiger partial charge in [0.1, 0.15) is 12.1 Å². The van der Waals surface area contributed by atoms with Crippen LogP contribution in [-0.2, 0) is 6.54 Å². The Morgan fingerprint density at radius 3 is 2.89 bits per heavy atom. The molecule has 8 heteroatoms. The maximum absolute atomic E-state index is 12.7. The number of hydrogen-bond donors (Lipinski definition) is 1. The van der Waals surface area contributed by atoms with E-state index in [1.807, 2.05) is 24.4 Å². The van der Waals surface area contributed by atoms with Crippen LogP contribution in [0.25, 0.3) is 17.3 Å². The summed E-state index contributed by atoms with van der Waals surface area (Å²) in [5.41, 5.74) is 2.00. The van der Waals surface area contributed by atoms with Crippen molar-refractivity contribution in [3.8, 4) is 17.3 Å². The molecule has 1 N–H and O–H groups in total. The summed E-state index contributed by atoms with van der Waals surface area (Å²) in [5, 5.41) is 6.71. The molecule has 0 fully saturated rings. The molecule has 0 unspecified atom stereocenters. The van der Waals surface area contributed by atoms with E-state index in [4.69, 9.17) is 4.52 Å². The van der Waals surface area contributed by atoms with Gasteiger partial charge >= 0.3 is 0 Å². The third-order valence-electron chi connectivity index (χ3n) is 3.96. The van der Waals surface area contributed by atoms with Crippen LogP contribution in [0.2, 0.25) is 0 Å². The van der Waals surface area contributed by atoms with Crippen molar-refractivity contribution in [3.63, 3.8) is 0 Å². The lowest BCUT2D eigenvalue weighted by molar-refractivity contribution is 0.0951. The van der Waals surface area contributed by atoms with E-state index in [0.717, 1.165) is 11.4 Å². The van der Waals surface area contributed by atoms with Crippen LogP contribution < -0.4 is 5.32 Å². The number of carbonyl (C=O) groups excluding carboxylic acids is 1. The van der Waals surface area contributed by atoms with E-state index in [1.54, 1.807) is 48.4 Å². The van der Waals surface area contributed by atoms with Crippen molar-refractivity contribution < 1.29 is 9.32 Å². The highest BCUT2D eigenvalue weighted by Gasteiger charge is 2.16. The summed E-state index contributed by atoms with van der Waals surface area (Å²) in [7, 11) is 0. The Bertz CT molecular complexity index is 1070. The van der Waals surface area contributed by atoms with Crippen LogP contribution >= 0.6 is 0 Å². The first-order valence-corrected chi connectivity index (χ1v) is 8.32. The number of carbonyl (C=O) groups is 1. The van der Waals surface area contributed by atoms with Gasteiger partial charge in [0.2, 0.25) is 0 Å². The summed E-state index contributed by atoms with van der Waals surface area (Å²) >= 11 is 0. The zero-order valence-electron chi connectivity index (χ0n) is 14.5. The number of hydrogen-bond acceptors (Lipinski definition) is 6. The van der Waals surface area contributed by atoms with Crippen molar-refractivity contribution in [2.45, 2.75) is 13.5 Å². The fourth-order valence-electron chi connectivity index (χ4n) is 2.66. The zero-order chi connectivity index (χ0) is 18.6. The minimum Gasteiger partial charge on any atom is -0.348 e. The number of aromatic nitrogens is 5. The van der Waals surface area contributed by atoms with Gasteiger partial charge in [-0.15, -0.1) is 0 Å². The molecule has 0 aliphatic carbocycles. The third kappa shape index (κ3) is 3.59. The third-order valence-corrected chi connectivity index (χ3v) is 3.96. The molecular weight excluding hydrogens is 344 g/mol. The van der Waals surface area contributed by atoms with Gasteiger partial charge in [-0.05, 0) is 36.8 Å². The second-order valence-corrected chi connectivity index (χ2v) is 5.87. The Morgan fingerprint density at radius 2 is 2.11 bits per heavy atom. The number of nitrogens with one attached hydrogen (secondary N) is 1. The highest BCUT2D eigenvalue weighted by molar-refractivity contribution is 5.99. The molecule has 0 bridgehead atoms. The number of benzene rings is 1. The molecule has 134 valence electrons. The summed E-state index contributed by atoms with van der Waals surface area (Å²) in [6.45, 7) is 2.09. The fourth-order valence-corrected chi connectivity index (χ4v) is 2.66. The molecule has 3 aromatic heterocycles. The van der Waals surface area contributed by atoms with Crippen LogP contribution in [0, 0.1) is 6.92 Å². The van der Waals surface area contributed by atoms with Crippen LogP contribution in [0.4, 0.5) is 0 Å². The van der Waals surface area contributed by atoms with Crippen molar-refractivity contribution in [1.29, 1.82) is 0 Å². The summed E-state index contributed by atoms with van der Waals surface area (Å²) in [4.78, 5) is 25.2. The van der Waals surface area contributed by atoms with Crippen LogP contribution in [0.5, 0.6) is 0 Å². The molecule has 3 heterocycles. The van der Waals surface area contributed by atoms with Crippen molar-refractivity contribution >= 4 is 5.91 Å². The van der Waals surface area contributed by atoms with Gasteiger partial charge in [-0.2, -0.15) is 4.98 Å². The van der Waals surface area contributed by atoms with Crippen molar-refractivity contribution in [2.75, 3.05) is 0 Å². The molecule has 0 radical (unpaired) electrons. The molecule has 0 saturated heterocycles. The second kappa shape index (κ2) is 7.20. The van der Waals surface area contributed by atoms with Gasteiger partial charge in [0.05, 0.1) is 11.1 Å². The Kier molecular flexibility index (Phi) is 4.44. The number of imidazole rings is 1. The summed E-state index contributed by atoms with van der Waals surface area (Å²) in [6, 6.07) is 10.9. The zero-order valence-corrected chi connectivity index (χ0v) is 14.5. The Hall–Kier alpha value is -3.81. The molecule has 0 aliphatic rings. The largest absolute Gasteiger partial charge is 0.348 e. The molecular formula is C19H16N6O2. The molecule has 1 amide bonds. The van der Waals surface area contributed by atoms with Crippen molar-refractivity contribution in [3.05, 3.63) is 78.3 Å². The van der Waals surface area contributed by atoms with Crippen LogP contribution in [0.15, 0.2) is 65.8 Å². The lowest BCUT2D eigenvalue weighted by Gasteiger charge is -2.09. The maximum Gasteiger partial charge on any atom is 0.258 e. The van der Waals surface area contributed by atoms with Gasteiger partial charge in [0.15, 0.2) is 5.82 Å². The predicted molar refractivity (Wildman–Crippen MR) is 97.0 cm³/mol. The number of nitrogens with zero attached hydrogens (tertiary/aromatic N) is 5. The summed E-state index contributed by atoms with van der Waals surface area (Å²) in [5.74, 6) is 1.36. The van der Waals surface area contributed by atoms with E-state index in [2.05, 4.69) is 25.4 Å². The number of rotatable bonds is 5. The van der Waals surface area contributed by atoms with E-state index in [0.29, 0.717) is 29.4 Å². The standard InChI is InChI=1S/C19H16N6O2/c1-13-23-19(27-24-13)16-5-3-2-4-15(16)18(26)22-11-14-6-7-21-17(10-14)25-9-8-20-12-25/h2-10,12H,11H2,1H3,(H,22,26). The first kappa shape index (κ1) is 16.6. The molecule has 4 aromatic rings. The first-order valence-electron chi connectivity index (χ1n) is 8.32. The molecule has 0 aliphatic heterocycles. The monoisotopic (exact) mass is 360 g/mol. The number of aryl methyl sites for hydroxylation is 1. The summed E-state index contributed by atoms with van der Waals surface area (Å²) < 4.78 is 7.01. The Morgan fingerprint density at radius 1 is 1.22 bits per heavy atom. The van der Waals surface area contributed by atoms with Gasteiger partial charge in [-0.3, -0.25) is 9.36 Å². The molecule has 0 spiro atoms. The topological polar surface area (TPSA) is 98.7 Å². The summed E-state index contributed by atoms with van der Waals surface area (Å²) in [6.07, 6.45) is 6.87. The first-order chi connectivity index (χ1) is 13.2. The molecule has 0 atom stereocenters. The normalized spacial score (nSPS) is 10.7. The number of pyridine rings is 1. The van der Waals surface area contributed by atoms with Gasteiger partial charge in [0.25, 0.3) is 11.8 Å². The Labute approximate surface area is 154 Å². The van der Waals surface area contributed by atoms with Gasteiger partial charge in [0, 0.05) is 25.1 Å². The van der Waals surface area contributed by atoms with Gasteiger partial charge < -0.3 is 9.84 Å². The lowest BCUT2D eigenvalue weighted by Crippen LogP contribution is -2.23. The number of amides is 1. The van der Waals surface area contributed by atoms with E-state index < -0.39 is 0 Å². The van der Waals surface area contributed by atoms with E-state index >= 15 is 0 Å². The average molecular weight is 360 g/mol. The molecule has 8 nitrogen and oxygen atoms in total. The van der Waals surface area contributed by atoms with Crippen LogP contribution in [0.3, 0.4) is 0 Å². The lowest BCUT2D eigenvalue weighted by atomic mass is 10.1. The Balaban J connectivity index is 1.52. The van der Waals surface area contributed by atoms with Crippen LogP contribution in [-0.4, -0.2) is 30.6 Å². The fraction of sp³-hybridized carbons (Fsp3) is 0.105. The van der Waals surface area contributed by atoms with Crippen LogP contribution in [0.1, 0.15) is 21.7 Å². The molecule has 1 aromatic carbocycles. The molecule has 27 heavy (non-hydrogen) atoms. The van der Waals surface area contributed by atoms with Crippen molar-refractivity contribution in [2.24, 2.45) is 0 Å². The highest BCUT2D eigenvalue weighted by atomic mass is 16.5. The van der Waals surface area contributed by atoms with Crippen molar-refractivity contribution in [1.82, 2.24) is 30.0 Å². The van der Waals surface area contributed by atoms with Gasteiger partial charge in [-0.25, -0.2) is 9.97 Å². The minimum absolute atomic E-state index is 0.220. The average Bonchev–Trinajstić information content (AvgIpc) is 3.38. The quantitative estimate of drug-likeness (QED) is 0.587. The van der Waals surface area contributed by atoms with E-state index in [-0.39, 0.29) is 5.91 Å². The molecule has 4 rings (SSSR count). The second-order valence-electron chi connectivity index (χ2n) is 5.87. The molecule has 0 saturated carbocycles. The smallest absolute Gasteiger partial charge is 0.258 e.